The fourth-order valence-corrected chi connectivity index (χ4v) is 4.17. The van der Waals surface area contributed by atoms with Crippen LogP contribution in [-0.4, -0.2) is 48.5 Å². The minimum absolute atomic E-state index is 0.0443. The zero-order valence-corrected chi connectivity index (χ0v) is 18.0. The first-order valence-electron chi connectivity index (χ1n) is 9.06. The van der Waals surface area contributed by atoms with Crippen LogP contribution in [0.4, 0.5) is 0 Å². The van der Waals surface area contributed by atoms with Crippen LogP contribution >= 0.6 is 27.5 Å². The van der Waals surface area contributed by atoms with Crippen molar-refractivity contribution in [1.29, 1.82) is 0 Å². The molecule has 0 aromatic heterocycles. The average molecular weight is 452 g/mol. The quantitative estimate of drug-likeness (QED) is 0.673. The zero-order chi connectivity index (χ0) is 19.4. The number of halogens is 2. The summed E-state index contributed by atoms with van der Waals surface area (Å²) in [4.78, 5) is 16.8. The monoisotopic (exact) mass is 450 g/mol. The zero-order valence-electron chi connectivity index (χ0n) is 15.7. The first-order chi connectivity index (χ1) is 12.9. The molecule has 0 spiro atoms. The molecular weight excluding hydrogens is 428 g/mol. The predicted molar refractivity (Wildman–Crippen MR) is 112 cm³/mol. The van der Waals surface area contributed by atoms with Crippen LogP contribution in [0, 0.1) is 13.8 Å². The van der Waals surface area contributed by atoms with Crippen molar-refractivity contribution in [2.75, 3.05) is 32.8 Å². The maximum absolute atomic E-state index is 12.5. The van der Waals surface area contributed by atoms with Crippen LogP contribution < -0.4 is 4.74 Å². The van der Waals surface area contributed by atoms with E-state index in [0.29, 0.717) is 0 Å². The van der Waals surface area contributed by atoms with Crippen LogP contribution in [0.5, 0.6) is 5.75 Å². The van der Waals surface area contributed by atoms with Gasteiger partial charge in [0.1, 0.15) is 5.75 Å². The molecule has 0 radical (unpaired) electrons. The first kappa shape index (κ1) is 20.2. The summed E-state index contributed by atoms with van der Waals surface area (Å²) in [7, 11) is 0. The van der Waals surface area contributed by atoms with E-state index in [0.717, 1.165) is 59.1 Å². The highest BCUT2D eigenvalue weighted by molar-refractivity contribution is 9.10. The Bertz CT molecular complexity index is 779. The Morgan fingerprint density at radius 2 is 1.67 bits per heavy atom. The summed E-state index contributed by atoms with van der Waals surface area (Å²) in [5.74, 6) is 0.843. The van der Waals surface area contributed by atoms with Gasteiger partial charge in [0.2, 0.25) is 0 Å². The molecular formula is C21H24BrClN2O2. The van der Waals surface area contributed by atoms with Crippen molar-refractivity contribution >= 4 is 33.4 Å². The minimum atomic E-state index is 0.0443. The van der Waals surface area contributed by atoms with Crippen molar-refractivity contribution in [3.63, 3.8) is 0 Å². The lowest BCUT2D eigenvalue weighted by molar-refractivity contribution is -0.135. The molecule has 4 nitrogen and oxygen atoms in total. The maximum Gasteiger partial charge on any atom is 0.260 e. The molecule has 1 fully saturated rings. The van der Waals surface area contributed by atoms with Crippen molar-refractivity contribution in [2.24, 2.45) is 0 Å². The van der Waals surface area contributed by atoms with E-state index in [1.165, 1.54) is 5.56 Å². The van der Waals surface area contributed by atoms with Gasteiger partial charge in [-0.05, 0) is 54.8 Å². The normalized spacial score (nSPS) is 15.0. The van der Waals surface area contributed by atoms with E-state index < -0.39 is 0 Å². The highest BCUT2D eigenvalue weighted by atomic mass is 79.9. The second-order valence-corrected chi connectivity index (χ2v) is 8.29. The van der Waals surface area contributed by atoms with Crippen molar-refractivity contribution < 1.29 is 9.53 Å². The third-order valence-electron chi connectivity index (χ3n) is 4.81. The summed E-state index contributed by atoms with van der Waals surface area (Å²) in [5.41, 5.74) is 3.30. The number of ether oxygens (including phenoxy) is 1. The molecule has 1 heterocycles. The van der Waals surface area contributed by atoms with E-state index in [2.05, 4.69) is 33.0 Å². The lowest BCUT2D eigenvalue weighted by Gasteiger charge is -2.34. The van der Waals surface area contributed by atoms with Crippen molar-refractivity contribution in [2.45, 2.75) is 20.4 Å². The minimum Gasteiger partial charge on any atom is -0.483 e. The van der Waals surface area contributed by atoms with Crippen LogP contribution in [0.3, 0.4) is 0 Å². The molecule has 1 aliphatic rings. The van der Waals surface area contributed by atoms with E-state index in [1.54, 1.807) is 0 Å². The van der Waals surface area contributed by atoms with E-state index in [9.17, 15) is 4.79 Å². The van der Waals surface area contributed by atoms with Gasteiger partial charge >= 0.3 is 0 Å². The van der Waals surface area contributed by atoms with E-state index in [1.807, 2.05) is 43.0 Å². The molecule has 2 aromatic carbocycles. The topological polar surface area (TPSA) is 32.8 Å². The number of aryl methyl sites for hydroxylation is 2. The maximum atomic E-state index is 12.5. The molecule has 1 saturated heterocycles. The number of amides is 1. The third-order valence-corrected chi connectivity index (χ3v) is 5.52. The van der Waals surface area contributed by atoms with Gasteiger partial charge in [-0.3, -0.25) is 9.69 Å². The van der Waals surface area contributed by atoms with Crippen LogP contribution in [0.15, 0.2) is 40.9 Å². The molecule has 1 aliphatic heterocycles. The molecule has 0 N–H and O–H groups in total. The van der Waals surface area contributed by atoms with Crippen LogP contribution in [0.25, 0.3) is 0 Å². The first-order valence-corrected chi connectivity index (χ1v) is 10.2. The van der Waals surface area contributed by atoms with E-state index in [-0.39, 0.29) is 12.5 Å². The van der Waals surface area contributed by atoms with Gasteiger partial charge in [0.05, 0.1) is 0 Å². The molecule has 1 amide bonds. The molecule has 6 heteroatoms. The summed E-state index contributed by atoms with van der Waals surface area (Å²) in [6, 6.07) is 11.9. The summed E-state index contributed by atoms with van der Waals surface area (Å²) in [6.07, 6.45) is 0. The number of carbonyl (C=O) groups excluding carboxylic acids is 1. The molecule has 2 aromatic rings. The largest absolute Gasteiger partial charge is 0.483 e. The summed E-state index contributed by atoms with van der Waals surface area (Å²) in [5, 5.41) is 0.755. The molecule has 0 aliphatic carbocycles. The number of piperazine rings is 1. The van der Waals surface area contributed by atoms with Gasteiger partial charge in [0, 0.05) is 42.2 Å². The number of rotatable bonds is 5. The second kappa shape index (κ2) is 9.09. The fourth-order valence-electron chi connectivity index (χ4n) is 3.35. The number of carbonyl (C=O) groups is 1. The molecule has 0 saturated carbocycles. The van der Waals surface area contributed by atoms with Crippen LogP contribution in [0.2, 0.25) is 5.02 Å². The smallest absolute Gasteiger partial charge is 0.260 e. The lowest BCUT2D eigenvalue weighted by atomic mass is 10.1. The molecule has 3 rings (SSSR count). The fraction of sp³-hybridized carbons (Fsp3) is 0.381. The number of benzene rings is 2. The van der Waals surface area contributed by atoms with E-state index in [4.69, 9.17) is 16.3 Å². The van der Waals surface area contributed by atoms with Gasteiger partial charge in [-0.2, -0.15) is 0 Å². The van der Waals surface area contributed by atoms with Gasteiger partial charge in [0.25, 0.3) is 5.91 Å². The Balaban J connectivity index is 1.48. The van der Waals surface area contributed by atoms with Gasteiger partial charge in [0.15, 0.2) is 6.61 Å². The van der Waals surface area contributed by atoms with Gasteiger partial charge in [-0.1, -0.05) is 39.7 Å². The van der Waals surface area contributed by atoms with Gasteiger partial charge < -0.3 is 9.64 Å². The van der Waals surface area contributed by atoms with E-state index >= 15 is 0 Å². The van der Waals surface area contributed by atoms with Crippen LogP contribution in [0.1, 0.15) is 16.7 Å². The lowest BCUT2D eigenvalue weighted by Crippen LogP contribution is -2.49. The Labute approximate surface area is 174 Å². The molecule has 0 atom stereocenters. The summed E-state index contributed by atoms with van der Waals surface area (Å²) >= 11 is 9.42. The Morgan fingerprint density at radius 3 is 2.26 bits per heavy atom. The third kappa shape index (κ3) is 5.47. The SMILES string of the molecule is Cc1cc(Br)cc(C)c1OCC(=O)N1CCN(Cc2ccc(Cl)cc2)CC1. The summed E-state index contributed by atoms with van der Waals surface area (Å²) in [6.45, 7) is 8.14. The number of nitrogens with zero attached hydrogens (tertiary/aromatic N) is 2. The van der Waals surface area contributed by atoms with Crippen LogP contribution in [-0.2, 0) is 11.3 Å². The van der Waals surface area contributed by atoms with Crippen molar-refractivity contribution in [3.05, 3.63) is 62.6 Å². The Kier molecular flexibility index (Phi) is 6.79. The highest BCUT2D eigenvalue weighted by Gasteiger charge is 2.22. The molecule has 144 valence electrons. The molecule has 0 bridgehead atoms. The molecule has 27 heavy (non-hydrogen) atoms. The number of hydrogen-bond acceptors (Lipinski definition) is 3. The highest BCUT2D eigenvalue weighted by Crippen LogP contribution is 2.27. The molecule has 0 unspecified atom stereocenters. The predicted octanol–water partition coefficient (Wildman–Crippen LogP) is 4.44. The Hall–Kier alpha value is -1.56. The van der Waals surface area contributed by atoms with Crippen molar-refractivity contribution in [3.8, 4) is 5.75 Å². The van der Waals surface area contributed by atoms with Gasteiger partial charge in [-0.15, -0.1) is 0 Å². The second-order valence-electron chi connectivity index (χ2n) is 6.94. The standard InChI is InChI=1S/C21H24BrClN2O2/c1-15-11-18(22)12-16(2)21(15)27-14-20(26)25-9-7-24(8-10-25)13-17-3-5-19(23)6-4-17/h3-6,11-12H,7-10,13-14H2,1-2H3. The van der Waals surface area contributed by atoms with Crippen molar-refractivity contribution in [1.82, 2.24) is 9.80 Å². The Morgan fingerprint density at radius 1 is 1.07 bits per heavy atom. The summed E-state index contributed by atoms with van der Waals surface area (Å²) < 4.78 is 6.85. The number of hydrogen-bond donors (Lipinski definition) is 0. The average Bonchev–Trinajstić information content (AvgIpc) is 2.63. The van der Waals surface area contributed by atoms with Gasteiger partial charge in [-0.25, -0.2) is 0 Å².